The average Bonchev–Trinajstić information content (AvgIpc) is 3.99. The van der Waals surface area contributed by atoms with E-state index in [1.807, 2.05) is 0 Å². The highest BCUT2D eigenvalue weighted by Gasteiger charge is 2.34. The number of aryl methyl sites for hydroxylation is 3. The Labute approximate surface area is 519 Å². The lowest BCUT2D eigenvalue weighted by Crippen LogP contribution is -2.26. The highest BCUT2D eigenvalue weighted by atomic mass is 14.4. The van der Waals surface area contributed by atoms with E-state index in [1.54, 1.807) is 0 Å². The quantitative estimate of drug-likeness (QED) is 0.210. The van der Waals surface area contributed by atoms with Crippen LogP contribution < -0.4 is 0 Å². The Hall–Kier alpha value is -2.34. The molecule has 0 spiro atoms. The van der Waals surface area contributed by atoms with Gasteiger partial charge in [-0.25, -0.2) is 0 Å². The maximum atomic E-state index is 2.38. The summed E-state index contributed by atoms with van der Waals surface area (Å²) in [6.45, 7) is 79.7. The Kier molecular flexibility index (Phi) is 34.7. The van der Waals surface area contributed by atoms with E-state index in [0.717, 1.165) is 29.6 Å². The van der Waals surface area contributed by atoms with Crippen LogP contribution in [0.5, 0.6) is 0 Å². The van der Waals surface area contributed by atoms with Crippen LogP contribution in [-0.4, -0.2) is 0 Å². The predicted molar refractivity (Wildman–Crippen MR) is 379 cm³/mol. The molecule has 478 valence electrons. The molecule has 7 rings (SSSR count). The van der Waals surface area contributed by atoms with Crippen molar-refractivity contribution in [3.05, 3.63) is 106 Å². The summed E-state index contributed by atoms with van der Waals surface area (Å²) in [7, 11) is 0. The smallest absolute Gasteiger partial charge is 0.0132 e. The van der Waals surface area contributed by atoms with Crippen LogP contribution in [0.15, 0.2) is 72.8 Å². The van der Waals surface area contributed by atoms with E-state index in [0.29, 0.717) is 43.3 Å². The maximum Gasteiger partial charge on any atom is -0.0132 e. The summed E-state index contributed by atoms with van der Waals surface area (Å²) in [5, 5.41) is 0. The van der Waals surface area contributed by atoms with Crippen LogP contribution in [0.2, 0.25) is 0 Å². The van der Waals surface area contributed by atoms with E-state index in [9.17, 15) is 0 Å². The molecule has 0 aliphatic heterocycles. The Balaban J connectivity index is 0. The van der Waals surface area contributed by atoms with Gasteiger partial charge in [-0.2, -0.15) is 0 Å². The normalized spacial score (nSPS) is 16.7. The molecule has 0 N–H and O–H groups in total. The minimum Gasteiger partial charge on any atom is -0.0623 e. The second-order valence-corrected chi connectivity index (χ2v) is 37.1. The fraction of sp³-hybridized carbons (Fsp3) is 0.780. The first-order chi connectivity index (χ1) is 36.6. The van der Waals surface area contributed by atoms with Gasteiger partial charge in [-0.3, -0.25) is 0 Å². The average molecular weight is 1140 g/mol. The Morgan fingerprint density at radius 3 is 0.732 bits per heavy atom. The van der Waals surface area contributed by atoms with E-state index < -0.39 is 0 Å². The summed E-state index contributed by atoms with van der Waals surface area (Å²) in [4.78, 5) is 0. The number of benzene rings is 3. The SMILES string of the molecule is CC(C)(C)C(C)(C)C.CC(C)(C)C1CC1.CC(C)(C)C1CCC1.CC(C)(C)C1CCCC1.CC(C)(C)C1CCCCC1.CC(C)(C)c1ccccc1.CC(C)C(C)(C)C.Cc1cc(C)cc(C(C)(C)C)c1.Cc1cccc(C(C)(C)C)c1. The van der Waals surface area contributed by atoms with Crippen LogP contribution in [0, 0.1) is 88.3 Å². The highest BCUT2D eigenvalue weighted by Crippen LogP contribution is 2.45. The fourth-order valence-electron chi connectivity index (χ4n) is 9.44. The summed E-state index contributed by atoms with van der Waals surface area (Å²) >= 11 is 0. The van der Waals surface area contributed by atoms with E-state index in [1.165, 1.54) is 123 Å². The molecule has 3 aromatic carbocycles. The van der Waals surface area contributed by atoms with Crippen molar-refractivity contribution in [3.8, 4) is 0 Å². The summed E-state index contributed by atoms with van der Waals surface area (Å²) in [5.41, 5.74) is 12.9. The first-order valence-electron chi connectivity index (χ1n) is 33.8. The van der Waals surface area contributed by atoms with Crippen molar-refractivity contribution in [1.29, 1.82) is 0 Å². The molecule has 0 unspecified atom stereocenters. The Bertz CT molecular complexity index is 2020. The monoisotopic (exact) mass is 1140 g/mol. The Morgan fingerprint density at radius 2 is 0.549 bits per heavy atom. The molecule has 0 amide bonds. The van der Waals surface area contributed by atoms with Gasteiger partial charge in [-0.1, -0.05) is 350 Å². The van der Waals surface area contributed by atoms with Gasteiger partial charge >= 0.3 is 0 Å². The van der Waals surface area contributed by atoms with Gasteiger partial charge in [-0.05, 0) is 173 Å². The van der Waals surface area contributed by atoms with Gasteiger partial charge < -0.3 is 0 Å². The molecule has 0 heteroatoms. The first-order valence-corrected chi connectivity index (χ1v) is 33.8. The maximum absolute atomic E-state index is 2.38. The van der Waals surface area contributed by atoms with Gasteiger partial charge in [0.1, 0.15) is 0 Å². The molecular weight excluding hydrogens is 985 g/mol. The summed E-state index contributed by atoms with van der Waals surface area (Å²) < 4.78 is 0. The molecule has 0 atom stereocenters. The zero-order chi connectivity index (χ0) is 64.7. The van der Waals surface area contributed by atoms with Crippen LogP contribution in [0.3, 0.4) is 0 Å². The molecule has 0 heterocycles. The molecule has 4 fully saturated rings. The van der Waals surface area contributed by atoms with Gasteiger partial charge in [0.05, 0.1) is 0 Å². The zero-order valence-electron chi connectivity index (χ0n) is 62.7. The molecule has 0 aromatic heterocycles. The van der Waals surface area contributed by atoms with Gasteiger partial charge in [0, 0.05) is 0 Å². The second kappa shape index (κ2) is 34.9. The molecule has 4 saturated carbocycles. The third kappa shape index (κ3) is 38.7. The third-order valence-electron chi connectivity index (χ3n) is 19.1. The standard InChI is InChI=1S/C12H18.C11H16.C10H20.C10H14.C9H18.C8H16.C8H18.C7H14.C7H16/c1-9-6-10(2)8-11(7-9)12(3,4)5;1-9-6-5-7-10(8-9)11(2,3)4;2*1-10(2,3)9-7-5-4-6-8-9;1-9(2,3)8-6-4-5-7-8;1-8(2,3)7-5-4-6-7;1-7(2,3)8(4,5)6;1-7(2,3)6-4-5-6;1-6(2)7(3,4)5/h6-8H,1-5H3;5-8H,1-4H3;9H,4-8H2,1-3H3;4-8H,1-3H3;8H,4-7H2,1-3H3;7H,4-6H2,1-3H3;1-6H3;6H,4-5H2,1-3H3;6H,1-5H3. The predicted octanol–water partition coefficient (Wildman–Crippen LogP) is 27.8. The third-order valence-corrected chi connectivity index (χ3v) is 19.1. The minimum atomic E-state index is 0.275. The Morgan fingerprint density at radius 1 is 0.280 bits per heavy atom. The van der Waals surface area contributed by atoms with E-state index in [-0.39, 0.29) is 10.8 Å². The van der Waals surface area contributed by atoms with Crippen LogP contribution in [-0.2, 0) is 16.2 Å². The molecule has 4 aliphatic rings. The van der Waals surface area contributed by atoms with Crippen molar-refractivity contribution in [2.45, 2.75) is 348 Å². The van der Waals surface area contributed by atoms with Crippen LogP contribution in [0.25, 0.3) is 0 Å². The number of rotatable bonds is 0. The van der Waals surface area contributed by atoms with Crippen molar-refractivity contribution in [3.63, 3.8) is 0 Å². The second-order valence-electron chi connectivity index (χ2n) is 37.1. The van der Waals surface area contributed by atoms with E-state index >= 15 is 0 Å². The number of hydrogen-bond donors (Lipinski definition) is 0. The van der Waals surface area contributed by atoms with Crippen molar-refractivity contribution >= 4 is 0 Å². The van der Waals surface area contributed by atoms with Crippen LogP contribution >= 0.6 is 0 Å². The lowest BCUT2D eigenvalue weighted by molar-refractivity contribution is 0.141. The van der Waals surface area contributed by atoms with Gasteiger partial charge in [0.15, 0.2) is 0 Å². The summed E-state index contributed by atoms with van der Waals surface area (Å²) in [6, 6.07) is 26.0. The first kappa shape index (κ1) is 81.7. The number of hydrogen-bond acceptors (Lipinski definition) is 0. The fourth-order valence-corrected chi connectivity index (χ4v) is 9.44. The molecule has 0 saturated heterocycles. The van der Waals surface area contributed by atoms with Gasteiger partial charge in [0.2, 0.25) is 0 Å². The van der Waals surface area contributed by atoms with E-state index in [4.69, 9.17) is 0 Å². The molecule has 3 aromatic rings. The van der Waals surface area contributed by atoms with Crippen molar-refractivity contribution in [1.82, 2.24) is 0 Å². The highest BCUT2D eigenvalue weighted by molar-refractivity contribution is 5.32. The van der Waals surface area contributed by atoms with Crippen molar-refractivity contribution < 1.29 is 0 Å². The molecule has 0 nitrogen and oxygen atoms in total. The van der Waals surface area contributed by atoms with Gasteiger partial charge in [-0.15, -0.1) is 0 Å². The molecule has 0 radical (unpaired) electrons. The molecule has 0 bridgehead atoms. The largest absolute Gasteiger partial charge is 0.0623 e. The lowest BCUT2D eigenvalue weighted by Gasteiger charge is -2.37. The van der Waals surface area contributed by atoms with Crippen LogP contribution in [0.4, 0.5) is 0 Å². The van der Waals surface area contributed by atoms with Crippen molar-refractivity contribution in [2.24, 2.45) is 67.5 Å². The van der Waals surface area contributed by atoms with Crippen molar-refractivity contribution in [2.75, 3.05) is 0 Å². The molecule has 82 heavy (non-hydrogen) atoms. The summed E-state index contributed by atoms with van der Waals surface area (Å²) in [5.74, 6) is 4.89. The van der Waals surface area contributed by atoms with Gasteiger partial charge in [0.25, 0.3) is 0 Å². The molecule has 4 aliphatic carbocycles. The molecular formula is C82H150. The zero-order valence-corrected chi connectivity index (χ0v) is 62.7. The van der Waals surface area contributed by atoms with E-state index in [2.05, 4.69) is 315 Å². The minimum absolute atomic E-state index is 0.275. The topological polar surface area (TPSA) is 0 Å². The lowest BCUT2D eigenvalue weighted by atomic mass is 9.69. The van der Waals surface area contributed by atoms with Crippen LogP contribution in [0.1, 0.15) is 345 Å². The summed E-state index contributed by atoms with van der Waals surface area (Å²) in [6.07, 6.45) is 20.7.